The Kier molecular flexibility index (Phi) is 7.35. The highest BCUT2D eigenvalue weighted by Gasteiger charge is 2.29. The number of halogens is 2. The summed E-state index contributed by atoms with van der Waals surface area (Å²) in [5.74, 6) is -0.560. The van der Waals surface area contributed by atoms with Gasteiger partial charge in [0.05, 0.1) is 11.6 Å². The summed E-state index contributed by atoms with van der Waals surface area (Å²) in [4.78, 5) is 28.9. The number of benzene rings is 2. The van der Waals surface area contributed by atoms with E-state index in [1.807, 2.05) is 42.2 Å². The van der Waals surface area contributed by atoms with Crippen LogP contribution in [0.3, 0.4) is 0 Å². The fourth-order valence-corrected chi connectivity index (χ4v) is 3.42. The van der Waals surface area contributed by atoms with Crippen LogP contribution in [-0.2, 0) is 11.3 Å². The number of nitrogens with one attached hydrogen (secondary N) is 1. The molecule has 1 aliphatic rings. The van der Waals surface area contributed by atoms with Gasteiger partial charge in [0, 0.05) is 32.7 Å². The summed E-state index contributed by atoms with van der Waals surface area (Å²) in [5.41, 5.74) is 1.14. The van der Waals surface area contributed by atoms with E-state index in [-0.39, 0.29) is 29.2 Å². The van der Waals surface area contributed by atoms with Crippen LogP contribution < -0.4 is 10.1 Å². The van der Waals surface area contributed by atoms with Crippen LogP contribution in [0.5, 0.6) is 5.75 Å². The molecule has 160 valence electrons. The topological polar surface area (TPSA) is 61.9 Å². The van der Waals surface area contributed by atoms with Crippen LogP contribution in [0.25, 0.3) is 0 Å². The summed E-state index contributed by atoms with van der Waals surface area (Å²) in [6.45, 7) is 1.14. The molecule has 2 aromatic carbocycles. The van der Waals surface area contributed by atoms with Gasteiger partial charge in [-0.15, -0.1) is 0 Å². The van der Waals surface area contributed by atoms with Crippen LogP contribution in [0.2, 0.25) is 0 Å². The van der Waals surface area contributed by atoms with Gasteiger partial charge in [0.15, 0.2) is 0 Å². The molecule has 0 spiro atoms. The SMILES string of the molecule is CC(C(=O)NCc1ccccc1)N1CCN(C(=O)c2ccccc2OC(F)F)CC1. The van der Waals surface area contributed by atoms with E-state index in [2.05, 4.69) is 10.1 Å². The Labute approximate surface area is 174 Å². The monoisotopic (exact) mass is 417 g/mol. The maximum Gasteiger partial charge on any atom is 0.387 e. The summed E-state index contributed by atoms with van der Waals surface area (Å²) in [7, 11) is 0. The van der Waals surface area contributed by atoms with Gasteiger partial charge in [-0.05, 0) is 24.6 Å². The van der Waals surface area contributed by atoms with E-state index < -0.39 is 6.61 Å². The molecule has 1 unspecified atom stereocenters. The quantitative estimate of drug-likeness (QED) is 0.753. The second kappa shape index (κ2) is 10.2. The third-order valence-electron chi connectivity index (χ3n) is 5.17. The molecule has 0 saturated carbocycles. The third-order valence-corrected chi connectivity index (χ3v) is 5.17. The summed E-state index contributed by atoms with van der Waals surface area (Å²) >= 11 is 0. The first-order valence-electron chi connectivity index (χ1n) is 9.84. The first kappa shape index (κ1) is 21.7. The normalized spacial score (nSPS) is 15.7. The first-order valence-corrected chi connectivity index (χ1v) is 9.84. The van der Waals surface area contributed by atoms with Crippen molar-refractivity contribution in [2.24, 2.45) is 0 Å². The Hall–Kier alpha value is -3.00. The lowest BCUT2D eigenvalue weighted by atomic mass is 10.1. The number of rotatable bonds is 7. The fourth-order valence-electron chi connectivity index (χ4n) is 3.42. The van der Waals surface area contributed by atoms with Crippen molar-refractivity contribution in [2.75, 3.05) is 26.2 Å². The number of piperazine rings is 1. The van der Waals surface area contributed by atoms with Gasteiger partial charge in [-0.3, -0.25) is 14.5 Å². The lowest BCUT2D eigenvalue weighted by Gasteiger charge is -2.37. The molecule has 2 aromatic rings. The molecule has 1 heterocycles. The Bertz CT molecular complexity index is 856. The second-order valence-electron chi connectivity index (χ2n) is 7.08. The standard InChI is InChI=1S/C22H25F2N3O3/c1-16(20(28)25-15-17-7-3-2-4-8-17)26-11-13-27(14-12-26)21(29)18-9-5-6-10-19(18)30-22(23)24/h2-10,16,22H,11-15H2,1H3,(H,25,28). The van der Waals surface area contributed by atoms with E-state index >= 15 is 0 Å². The minimum absolute atomic E-state index is 0.0747. The highest BCUT2D eigenvalue weighted by atomic mass is 19.3. The van der Waals surface area contributed by atoms with Gasteiger partial charge in [0.2, 0.25) is 5.91 Å². The molecule has 30 heavy (non-hydrogen) atoms. The van der Waals surface area contributed by atoms with Crippen molar-refractivity contribution >= 4 is 11.8 Å². The largest absolute Gasteiger partial charge is 0.434 e. The highest BCUT2D eigenvalue weighted by molar-refractivity contribution is 5.97. The first-order chi connectivity index (χ1) is 14.5. The van der Waals surface area contributed by atoms with Crippen molar-refractivity contribution in [3.63, 3.8) is 0 Å². The van der Waals surface area contributed by atoms with Gasteiger partial charge in [-0.1, -0.05) is 42.5 Å². The number of ether oxygens (including phenoxy) is 1. The van der Waals surface area contributed by atoms with Crippen LogP contribution in [0.4, 0.5) is 8.78 Å². The Morgan fingerprint density at radius 2 is 1.63 bits per heavy atom. The van der Waals surface area contributed by atoms with Crippen LogP contribution in [0.15, 0.2) is 54.6 Å². The molecule has 1 atom stereocenters. The summed E-state index contributed by atoms with van der Waals surface area (Å²) in [6, 6.07) is 15.3. The molecule has 1 fully saturated rings. The molecule has 0 aromatic heterocycles. The van der Waals surface area contributed by atoms with E-state index in [0.717, 1.165) is 5.56 Å². The number of nitrogens with zero attached hydrogens (tertiary/aromatic N) is 2. The molecule has 3 rings (SSSR count). The second-order valence-corrected chi connectivity index (χ2v) is 7.08. The summed E-state index contributed by atoms with van der Waals surface area (Å²) in [5, 5.41) is 2.93. The van der Waals surface area contributed by atoms with Crippen molar-refractivity contribution in [1.29, 1.82) is 0 Å². The Morgan fingerprint density at radius 1 is 1.00 bits per heavy atom. The number of carbonyl (C=O) groups is 2. The lowest BCUT2D eigenvalue weighted by Crippen LogP contribution is -2.54. The lowest BCUT2D eigenvalue weighted by molar-refractivity contribution is -0.126. The number of amides is 2. The highest BCUT2D eigenvalue weighted by Crippen LogP contribution is 2.22. The maximum absolute atomic E-state index is 12.8. The van der Waals surface area contributed by atoms with Crippen LogP contribution >= 0.6 is 0 Å². The molecule has 0 aliphatic carbocycles. The molecule has 0 bridgehead atoms. The molecule has 1 aliphatic heterocycles. The zero-order chi connectivity index (χ0) is 21.5. The van der Waals surface area contributed by atoms with Crippen molar-refractivity contribution in [3.05, 3.63) is 65.7 Å². The minimum atomic E-state index is -2.99. The zero-order valence-corrected chi connectivity index (χ0v) is 16.8. The average molecular weight is 417 g/mol. The van der Waals surface area contributed by atoms with E-state index in [1.54, 1.807) is 17.0 Å². The molecule has 1 N–H and O–H groups in total. The van der Waals surface area contributed by atoms with Gasteiger partial charge in [-0.2, -0.15) is 8.78 Å². The third kappa shape index (κ3) is 5.54. The Morgan fingerprint density at radius 3 is 2.30 bits per heavy atom. The molecule has 0 radical (unpaired) electrons. The minimum Gasteiger partial charge on any atom is -0.434 e. The predicted octanol–water partition coefficient (Wildman–Crippen LogP) is 2.75. The van der Waals surface area contributed by atoms with Gasteiger partial charge < -0.3 is 15.0 Å². The van der Waals surface area contributed by atoms with Gasteiger partial charge in [-0.25, -0.2) is 0 Å². The van der Waals surface area contributed by atoms with Gasteiger partial charge in [0.1, 0.15) is 5.75 Å². The van der Waals surface area contributed by atoms with Gasteiger partial charge >= 0.3 is 6.61 Å². The van der Waals surface area contributed by atoms with E-state index in [4.69, 9.17) is 0 Å². The van der Waals surface area contributed by atoms with Crippen molar-refractivity contribution in [3.8, 4) is 5.75 Å². The van der Waals surface area contributed by atoms with Crippen molar-refractivity contribution in [2.45, 2.75) is 26.1 Å². The molecule has 2 amide bonds. The van der Waals surface area contributed by atoms with Gasteiger partial charge in [0.25, 0.3) is 5.91 Å². The average Bonchev–Trinajstić information content (AvgIpc) is 2.77. The van der Waals surface area contributed by atoms with E-state index in [0.29, 0.717) is 32.7 Å². The van der Waals surface area contributed by atoms with Crippen LogP contribution in [0, 0.1) is 0 Å². The molecule has 8 heteroatoms. The maximum atomic E-state index is 12.8. The summed E-state index contributed by atoms with van der Waals surface area (Å²) in [6.07, 6.45) is 0. The van der Waals surface area contributed by atoms with Crippen LogP contribution in [0.1, 0.15) is 22.8 Å². The number of carbonyl (C=O) groups excluding carboxylic acids is 2. The fraction of sp³-hybridized carbons (Fsp3) is 0.364. The van der Waals surface area contributed by atoms with E-state index in [1.165, 1.54) is 12.1 Å². The van der Waals surface area contributed by atoms with Crippen molar-refractivity contribution < 1.29 is 23.1 Å². The smallest absolute Gasteiger partial charge is 0.387 e. The molecule has 1 saturated heterocycles. The van der Waals surface area contributed by atoms with Crippen LogP contribution in [-0.4, -0.2) is 60.4 Å². The van der Waals surface area contributed by atoms with E-state index in [9.17, 15) is 18.4 Å². The number of hydrogen-bond acceptors (Lipinski definition) is 4. The number of hydrogen-bond donors (Lipinski definition) is 1. The Balaban J connectivity index is 1.53. The number of para-hydroxylation sites is 1. The summed E-state index contributed by atoms with van der Waals surface area (Å²) < 4.78 is 29.7. The predicted molar refractivity (Wildman–Crippen MR) is 108 cm³/mol. The van der Waals surface area contributed by atoms with Crippen molar-refractivity contribution in [1.82, 2.24) is 15.1 Å². The zero-order valence-electron chi connectivity index (χ0n) is 16.8. The molecular weight excluding hydrogens is 392 g/mol. The molecule has 6 nitrogen and oxygen atoms in total. The number of alkyl halides is 2. The molecular formula is C22H25F2N3O3.